The zero-order valence-corrected chi connectivity index (χ0v) is 25.9. The van der Waals surface area contributed by atoms with Gasteiger partial charge in [0.05, 0.1) is 36.3 Å². The maximum atomic E-state index is 13.8. The van der Waals surface area contributed by atoms with Crippen LogP contribution in [0.25, 0.3) is 22.3 Å². The van der Waals surface area contributed by atoms with E-state index in [2.05, 4.69) is 5.16 Å². The van der Waals surface area contributed by atoms with Crippen molar-refractivity contribution in [3.05, 3.63) is 56.9 Å². The van der Waals surface area contributed by atoms with E-state index >= 15 is 0 Å². The van der Waals surface area contributed by atoms with Crippen molar-refractivity contribution in [2.75, 3.05) is 13.2 Å². The number of hydrogen-bond acceptors (Lipinski definition) is 9. The third-order valence-electron chi connectivity index (χ3n) is 8.38. The monoisotopic (exact) mass is 603 g/mol. The van der Waals surface area contributed by atoms with E-state index in [0.717, 1.165) is 42.2 Å². The number of pyridine rings is 2. The predicted molar refractivity (Wildman–Crippen MR) is 167 cm³/mol. The van der Waals surface area contributed by atoms with Gasteiger partial charge in [-0.1, -0.05) is 24.9 Å². The molecule has 0 spiro atoms. The first-order valence-electron chi connectivity index (χ1n) is 15.4. The highest BCUT2D eigenvalue weighted by atomic mass is 16.6. The van der Waals surface area contributed by atoms with E-state index in [1.54, 1.807) is 23.8 Å². The third-order valence-corrected chi connectivity index (χ3v) is 8.38. The average Bonchev–Trinajstić information content (AvgIpc) is 3.36. The van der Waals surface area contributed by atoms with Gasteiger partial charge < -0.3 is 24.4 Å². The van der Waals surface area contributed by atoms with Gasteiger partial charge in [-0.05, 0) is 70.7 Å². The number of hydrogen-bond donors (Lipinski definition) is 2. The minimum absolute atomic E-state index is 0.130. The lowest BCUT2D eigenvalue weighted by Crippen LogP contribution is -2.43. The minimum atomic E-state index is -1.68. The van der Waals surface area contributed by atoms with Gasteiger partial charge >= 0.3 is 0 Å². The summed E-state index contributed by atoms with van der Waals surface area (Å²) < 4.78 is 7.74. The van der Waals surface area contributed by atoms with Crippen LogP contribution in [0.3, 0.4) is 0 Å². The molecule has 2 N–H and O–H groups in total. The number of benzene rings is 1. The Morgan fingerprint density at radius 2 is 1.89 bits per heavy atom. The summed E-state index contributed by atoms with van der Waals surface area (Å²) in [4.78, 5) is 48.4. The molecule has 0 saturated carbocycles. The summed E-state index contributed by atoms with van der Waals surface area (Å²) in [7, 11) is 0. The molecule has 1 atom stereocenters. The van der Waals surface area contributed by atoms with Crippen molar-refractivity contribution in [3.63, 3.8) is 0 Å². The number of ether oxygens (including phenoxy) is 1. The molecule has 1 aromatic carbocycles. The summed E-state index contributed by atoms with van der Waals surface area (Å²) in [6.45, 7) is 7.87. The Morgan fingerprint density at radius 1 is 1.11 bits per heavy atom. The Bertz CT molecular complexity index is 1690. The van der Waals surface area contributed by atoms with Gasteiger partial charge in [-0.3, -0.25) is 14.4 Å². The fraction of sp³-hybridized carbons (Fsp3) is 0.500. The average molecular weight is 604 g/mol. The molecular formula is C34H41N3O7. The molecule has 0 amide bonds. The molecule has 2 aliphatic rings. The van der Waals surface area contributed by atoms with Crippen LogP contribution in [0.5, 0.6) is 5.75 Å². The fourth-order valence-corrected chi connectivity index (χ4v) is 5.99. The number of nitrogens with zero attached hydrogens (tertiary/aromatic N) is 3. The van der Waals surface area contributed by atoms with Crippen molar-refractivity contribution < 1.29 is 29.4 Å². The Kier molecular flexibility index (Phi) is 9.04. The molecule has 5 rings (SSSR count). The summed E-state index contributed by atoms with van der Waals surface area (Å²) in [6.07, 6.45) is 6.08. The molecule has 0 saturated heterocycles. The highest BCUT2D eigenvalue weighted by Gasteiger charge is 2.43. The molecule has 1 aliphatic carbocycles. The van der Waals surface area contributed by atoms with E-state index in [1.807, 2.05) is 39.0 Å². The number of aliphatic hydroxyl groups is 2. The Morgan fingerprint density at radius 3 is 2.61 bits per heavy atom. The molecule has 0 fully saturated rings. The van der Waals surface area contributed by atoms with Crippen LogP contribution in [0.1, 0.15) is 94.9 Å². The lowest BCUT2D eigenvalue weighted by molar-refractivity contribution is -0.140. The largest absolute Gasteiger partial charge is 0.494 e. The van der Waals surface area contributed by atoms with E-state index in [9.17, 15) is 19.5 Å². The smallest absolute Gasteiger partial charge is 0.254 e. The van der Waals surface area contributed by atoms with Crippen molar-refractivity contribution in [1.82, 2.24) is 9.55 Å². The molecule has 44 heavy (non-hydrogen) atoms. The zero-order valence-electron chi connectivity index (χ0n) is 25.9. The summed E-state index contributed by atoms with van der Waals surface area (Å²) >= 11 is 0. The third kappa shape index (κ3) is 6.19. The second kappa shape index (κ2) is 12.6. The van der Waals surface area contributed by atoms with Gasteiger partial charge in [0.15, 0.2) is 11.6 Å². The maximum absolute atomic E-state index is 13.8. The molecule has 10 heteroatoms. The van der Waals surface area contributed by atoms with Crippen LogP contribution in [0.4, 0.5) is 0 Å². The first kappa shape index (κ1) is 31.5. The molecule has 1 aliphatic heterocycles. The molecule has 3 aromatic rings. The van der Waals surface area contributed by atoms with Crippen LogP contribution in [0.2, 0.25) is 0 Å². The second-order valence-corrected chi connectivity index (χ2v) is 12.6. The summed E-state index contributed by atoms with van der Waals surface area (Å²) in [5, 5.41) is 25.3. The van der Waals surface area contributed by atoms with Gasteiger partial charge in [0.1, 0.15) is 23.6 Å². The summed E-state index contributed by atoms with van der Waals surface area (Å²) in [5.74, 6) is 0.281. The Balaban J connectivity index is 1.49. The van der Waals surface area contributed by atoms with Crippen molar-refractivity contribution in [2.24, 2.45) is 5.16 Å². The quantitative estimate of drug-likeness (QED) is 0.136. The zero-order chi connectivity index (χ0) is 31.6. The Labute approximate surface area is 256 Å². The SMILES string of the molecule is CC[C@@]1(O)C(=O)CCc2c1cc1n(c2=O)Cc2c-1nc1ccc(OCCCCCCC(=O)CO)cc1c2/C=N\OC(C)(C)C. The maximum Gasteiger partial charge on any atom is 0.254 e. The number of rotatable bonds is 12. The van der Waals surface area contributed by atoms with E-state index < -0.39 is 17.8 Å². The number of carbonyl (C=O) groups excluding carboxylic acids is 2. The fourth-order valence-electron chi connectivity index (χ4n) is 5.99. The number of carbonyl (C=O) groups is 2. The Hall–Kier alpha value is -3.89. The number of aromatic nitrogens is 2. The number of ketones is 2. The van der Waals surface area contributed by atoms with E-state index in [-0.39, 0.29) is 36.5 Å². The van der Waals surface area contributed by atoms with Crippen LogP contribution < -0.4 is 10.3 Å². The van der Waals surface area contributed by atoms with E-state index in [4.69, 9.17) is 19.7 Å². The normalized spacial score (nSPS) is 17.5. The first-order chi connectivity index (χ1) is 21.0. The standard InChI is InChI=1S/C34H41N3O7/c1-5-34(42)27-17-29-31-26(19-37(29)32(41)23(27)12-14-30(34)40)25(18-35-44-33(2,3)4)24-16-22(11-13-28(24)36-31)43-15-9-7-6-8-10-21(39)20-38/h11,13,16-18,38,42H,5-10,12,14-15,19-20H2,1-4H3/b35-18-/t34-/m0/s1. The minimum Gasteiger partial charge on any atom is -0.494 e. The van der Waals surface area contributed by atoms with Crippen LogP contribution in [-0.2, 0) is 33.0 Å². The molecule has 0 radical (unpaired) electrons. The molecule has 0 bridgehead atoms. The van der Waals surface area contributed by atoms with Crippen molar-refractivity contribution in [2.45, 2.75) is 96.8 Å². The number of Topliss-reactive ketones (excluding diaryl/α,β-unsaturated/α-hetero) is 2. The van der Waals surface area contributed by atoms with Crippen molar-refractivity contribution in [1.29, 1.82) is 0 Å². The van der Waals surface area contributed by atoms with Crippen LogP contribution >= 0.6 is 0 Å². The summed E-state index contributed by atoms with van der Waals surface area (Å²) in [6, 6.07) is 7.42. The number of fused-ring (bicyclic) bond motifs is 5. The van der Waals surface area contributed by atoms with Crippen LogP contribution in [-0.4, -0.2) is 56.4 Å². The summed E-state index contributed by atoms with van der Waals surface area (Å²) in [5.41, 5.74) is 1.90. The van der Waals surface area contributed by atoms with Gasteiger partial charge in [0.2, 0.25) is 0 Å². The molecule has 3 heterocycles. The number of unbranched alkanes of at least 4 members (excludes halogenated alkanes) is 3. The molecule has 0 unspecified atom stereocenters. The van der Waals surface area contributed by atoms with Gasteiger partial charge in [-0.25, -0.2) is 4.98 Å². The van der Waals surface area contributed by atoms with E-state index in [0.29, 0.717) is 53.2 Å². The number of oxime groups is 1. The highest BCUT2D eigenvalue weighted by Crippen LogP contribution is 2.40. The molecule has 2 aromatic heterocycles. The highest BCUT2D eigenvalue weighted by molar-refractivity contribution is 6.03. The molecule has 234 valence electrons. The van der Waals surface area contributed by atoms with Crippen LogP contribution in [0, 0.1) is 0 Å². The van der Waals surface area contributed by atoms with Crippen molar-refractivity contribution in [3.8, 4) is 17.1 Å². The molecule has 10 nitrogen and oxygen atoms in total. The number of aliphatic hydroxyl groups excluding tert-OH is 1. The van der Waals surface area contributed by atoms with Gasteiger partial charge in [0, 0.05) is 40.5 Å². The second-order valence-electron chi connectivity index (χ2n) is 12.6. The predicted octanol–water partition coefficient (Wildman–Crippen LogP) is 4.58. The van der Waals surface area contributed by atoms with Crippen LogP contribution in [0.15, 0.2) is 34.2 Å². The molecular weight excluding hydrogens is 562 g/mol. The van der Waals surface area contributed by atoms with Crippen molar-refractivity contribution >= 4 is 28.7 Å². The lowest BCUT2D eigenvalue weighted by atomic mass is 9.77. The van der Waals surface area contributed by atoms with Gasteiger partial charge in [-0.2, -0.15) is 0 Å². The van der Waals surface area contributed by atoms with Gasteiger partial charge in [-0.15, -0.1) is 0 Å². The van der Waals surface area contributed by atoms with Gasteiger partial charge in [0.25, 0.3) is 5.56 Å². The topological polar surface area (TPSA) is 140 Å². The lowest BCUT2D eigenvalue weighted by Gasteiger charge is -2.32. The van der Waals surface area contributed by atoms with E-state index in [1.165, 1.54) is 0 Å². The first-order valence-corrected chi connectivity index (χ1v) is 15.4.